The molecular weight excluding hydrogens is 176 g/mol. The lowest BCUT2D eigenvalue weighted by atomic mass is 10.0. The maximum atomic E-state index is 10.6. The number of primary amides is 1. The van der Waals surface area contributed by atoms with Gasteiger partial charge in [0.05, 0.1) is 0 Å². The quantitative estimate of drug-likeness (QED) is 0.260. The predicted molar refractivity (Wildman–Crippen MR) is 50.9 cm³/mol. The molecule has 0 saturated carbocycles. The molecule has 0 aromatic rings. The number of rotatable bonds is 3. The second-order valence-corrected chi connectivity index (χ2v) is 3.53. The molecule has 70 valence electrons. The lowest BCUT2D eigenvalue weighted by molar-refractivity contribution is -0.119. The van der Waals surface area contributed by atoms with Crippen molar-refractivity contribution in [3.63, 3.8) is 0 Å². The molecule has 0 bridgehead atoms. The van der Waals surface area contributed by atoms with Crippen LogP contribution in [-0.2, 0) is 4.79 Å². The van der Waals surface area contributed by atoms with Crippen LogP contribution >= 0.6 is 12.2 Å². The predicted octanol–water partition coefficient (Wildman–Crippen LogP) is -1.02. The number of nitrogens with one attached hydrogen (secondary N) is 2. The topological polar surface area (TPSA) is 93.2 Å². The monoisotopic (exact) mass is 190 g/mol. The summed E-state index contributed by atoms with van der Waals surface area (Å²) in [7, 11) is 0. The Morgan fingerprint density at radius 1 is 1.58 bits per heavy atom. The molecule has 0 unspecified atom stereocenters. The molecule has 12 heavy (non-hydrogen) atoms. The van der Waals surface area contributed by atoms with Gasteiger partial charge < -0.3 is 16.5 Å². The van der Waals surface area contributed by atoms with Gasteiger partial charge in [-0.15, -0.1) is 0 Å². The third-order valence-corrected chi connectivity index (χ3v) is 1.42. The molecule has 0 saturated heterocycles. The van der Waals surface area contributed by atoms with Gasteiger partial charge in [-0.2, -0.15) is 0 Å². The first-order valence-corrected chi connectivity index (χ1v) is 3.85. The summed E-state index contributed by atoms with van der Waals surface area (Å²) in [6.07, 6.45) is 0.203. The van der Waals surface area contributed by atoms with Gasteiger partial charge in [-0.05, 0) is 26.1 Å². The zero-order valence-corrected chi connectivity index (χ0v) is 7.99. The first kappa shape index (κ1) is 11.1. The Kier molecular flexibility index (Phi) is 3.91. The molecule has 0 aliphatic carbocycles. The van der Waals surface area contributed by atoms with Crippen molar-refractivity contribution < 1.29 is 4.79 Å². The van der Waals surface area contributed by atoms with Gasteiger partial charge in [-0.1, -0.05) is 0 Å². The summed E-state index contributed by atoms with van der Waals surface area (Å²) < 4.78 is 0. The van der Waals surface area contributed by atoms with Gasteiger partial charge in [0.2, 0.25) is 5.91 Å². The minimum Gasteiger partial charge on any atom is -0.370 e. The summed E-state index contributed by atoms with van der Waals surface area (Å²) in [6, 6.07) is 0. The normalized spacial score (nSPS) is 10.6. The molecule has 0 aliphatic heterocycles. The molecule has 0 fully saturated rings. The van der Waals surface area contributed by atoms with E-state index in [0.717, 1.165) is 0 Å². The van der Waals surface area contributed by atoms with Crippen LogP contribution in [0, 0.1) is 0 Å². The van der Waals surface area contributed by atoms with Gasteiger partial charge in [0.15, 0.2) is 5.11 Å². The molecule has 6 heteroatoms. The van der Waals surface area contributed by atoms with Crippen molar-refractivity contribution in [3.05, 3.63) is 0 Å². The molecule has 0 heterocycles. The smallest absolute Gasteiger partial charge is 0.219 e. The van der Waals surface area contributed by atoms with E-state index in [1.165, 1.54) is 0 Å². The number of hydrogen-bond acceptors (Lipinski definition) is 3. The first-order valence-electron chi connectivity index (χ1n) is 3.44. The summed E-state index contributed by atoms with van der Waals surface area (Å²) in [5, 5.41) is 3.12. The van der Waals surface area contributed by atoms with Crippen molar-refractivity contribution in [2.24, 2.45) is 11.6 Å². The summed E-state index contributed by atoms with van der Waals surface area (Å²) in [5.74, 6) is 4.66. The molecule has 1 amide bonds. The van der Waals surface area contributed by atoms with E-state index in [9.17, 15) is 4.79 Å². The van der Waals surface area contributed by atoms with Crippen LogP contribution in [-0.4, -0.2) is 16.6 Å². The van der Waals surface area contributed by atoms with E-state index in [1.54, 1.807) is 13.8 Å². The van der Waals surface area contributed by atoms with Gasteiger partial charge in [0.25, 0.3) is 0 Å². The van der Waals surface area contributed by atoms with Crippen molar-refractivity contribution in [2.45, 2.75) is 25.8 Å². The Labute approximate surface area is 76.8 Å². The average Bonchev–Trinajstić information content (AvgIpc) is 1.83. The van der Waals surface area contributed by atoms with Crippen LogP contribution < -0.4 is 22.3 Å². The van der Waals surface area contributed by atoms with E-state index in [4.69, 9.17) is 23.8 Å². The molecule has 0 aromatic heterocycles. The van der Waals surface area contributed by atoms with Crippen molar-refractivity contribution in [1.29, 1.82) is 0 Å². The number of hydrogen-bond donors (Lipinski definition) is 4. The minimum atomic E-state index is -0.463. The highest BCUT2D eigenvalue weighted by Crippen LogP contribution is 2.06. The fourth-order valence-corrected chi connectivity index (χ4v) is 1.10. The third kappa shape index (κ3) is 4.86. The Morgan fingerprint density at radius 3 is 2.42 bits per heavy atom. The highest BCUT2D eigenvalue weighted by atomic mass is 32.1. The van der Waals surface area contributed by atoms with Crippen LogP contribution in [0.15, 0.2) is 0 Å². The lowest BCUT2D eigenvalue weighted by Crippen LogP contribution is -2.51. The van der Waals surface area contributed by atoms with Gasteiger partial charge in [-0.3, -0.25) is 4.79 Å². The molecule has 0 spiro atoms. The molecular formula is C6H14N4OS. The maximum absolute atomic E-state index is 10.6. The minimum absolute atomic E-state index is 0.203. The van der Waals surface area contributed by atoms with Gasteiger partial charge in [0, 0.05) is 12.0 Å². The van der Waals surface area contributed by atoms with Crippen molar-refractivity contribution in [2.75, 3.05) is 0 Å². The van der Waals surface area contributed by atoms with Crippen LogP contribution in [0.2, 0.25) is 0 Å². The zero-order chi connectivity index (χ0) is 9.78. The van der Waals surface area contributed by atoms with E-state index in [2.05, 4.69) is 10.7 Å². The van der Waals surface area contributed by atoms with Crippen LogP contribution in [0.25, 0.3) is 0 Å². The summed E-state index contributed by atoms with van der Waals surface area (Å²) in [5.41, 5.74) is 6.82. The maximum Gasteiger partial charge on any atom is 0.219 e. The molecule has 0 aromatic carbocycles. The Bertz CT molecular complexity index is 192. The lowest BCUT2D eigenvalue weighted by Gasteiger charge is -2.25. The average molecular weight is 190 g/mol. The Balaban J connectivity index is 4.03. The number of carbonyl (C=O) groups is 1. The Morgan fingerprint density at radius 2 is 2.08 bits per heavy atom. The summed E-state index contributed by atoms with van der Waals surface area (Å²) >= 11 is 4.76. The third-order valence-electron chi connectivity index (χ3n) is 1.20. The fraction of sp³-hybridized carbons (Fsp3) is 0.667. The highest BCUT2D eigenvalue weighted by Gasteiger charge is 2.20. The molecule has 0 rings (SSSR count). The van der Waals surface area contributed by atoms with Crippen molar-refractivity contribution in [1.82, 2.24) is 10.7 Å². The summed E-state index contributed by atoms with van der Waals surface area (Å²) in [6.45, 7) is 3.61. The van der Waals surface area contributed by atoms with E-state index in [-0.39, 0.29) is 12.3 Å². The second-order valence-electron chi connectivity index (χ2n) is 3.13. The van der Waals surface area contributed by atoms with Crippen molar-refractivity contribution in [3.8, 4) is 0 Å². The molecule has 6 N–H and O–H groups in total. The van der Waals surface area contributed by atoms with E-state index >= 15 is 0 Å². The number of thiocarbonyl (C=S) groups is 1. The standard InChI is InChI=1S/C6H14N4OS/c1-6(2,3-4(7)11)9-5(12)10-8/h3,8H2,1-2H3,(H2,7,11)(H2,9,10,12). The second kappa shape index (κ2) is 4.22. The number of amides is 1. The van der Waals surface area contributed by atoms with E-state index in [0.29, 0.717) is 5.11 Å². The summed E-state index contributed by atoms with van der Waals surface area (Å²) in [4.78, 5) is 10.6. The largest absolute Gasteiger partial charge is 0.370 e. The molecule has 5 nitrogen and oxygen atoms in total. The van der Waals surface area contributed by atoms with Crippen LogP contribution in [0.5, 0.6) is 0 Å². The highest BCUT2D eigenvalue weighted by molar-refractivity contribution is 7.80. The van der Waals surface area contributed by atoms with Gasteiger partial charge in [0.1, 0.15) is 0 Å². The number of nitrogens with two attached hydrogens (primary N) is 2. The van der Waals surface area contributed by atoms with Crippen LogP contribution in [0.1, 0.15) is 20.3 Å². The fourth-order valence-electron chi connectivity index (χ4n) is 0.823. The molecule has 0 aliphatic rings. The first-order chi connectivity index (χ1) is 5.37. The SMILES string of the molecule is CC(C)(CC(N)=O)NC(=S)NN. The van der Waals surface area contributed by atoms with E-state index in [1.807, 2.05) is 0 Å². The Hall–Kier alpha value is -0.880. The van der Waals surface area contributed by atoms with Gasteiger partial charge in [-0.25, -0.2) is 5.84 Å². The molecule has 0 atom stereocenters. The van der Waals surface area contributed by atoms with Crippen LogP contribution in [0.3, 0.4) is 0 Å². The van der Waals surface area contributed by atoms with Crippen LogP contribution in [0.4, 0.5) is 0 Å². The van der Waals surface area contributed by atoms with Gasteiger partial charge >= 0.3 is 0 Å². The number of carbonyl (C=O) groups excluding carboxylic acids is 1. The van der Waals surface area contributed by atoms with Crippen molar-refractivity contribution >= 4 is 23.2 Å². The molecule has 0 radical (unpaired) electrons. The van der Waals surface area contributed by atoms with E-state index < -0.39 is 5.54 Å². The zero-order valence-electron chi connectivity index (χ0n) is 7.18. The number of hydrazine groups is 1.